The Morgan fingerprint density at radius 2 is 1.81 bits per heavy atom. The van der Waals surface area contributed by atoms with Crippen molar-refractivity contribution >= 4 is 40.9 Å². The predicted octanol–water partition coefficient (Wildman–Crippen LogP) is 3.57. The number of amides is 2. The van der Waals surface area contributed by atoms with Crippen LogP contribution in [0.3, 0.4) is 0 Å². The highest BCUT2D eigenvalue weighted by molar-refractivity contribution is 8.00. The van der Waals surface area contributed by atoms with Crippen molar-refractivity contribution in [3.63, 3.8) is 0 Å². The molecule has 2 aromatic rings. The third-order valence-electron chi connectivity index (χ3n) is 5.25. The van der Waals surface area contributed by atoms with Crippen LogP contribution in [0.15, 0.2) is 47.4 Å². The fourth-order valence-electron chi connectivity index (χ4n) is 3.38. The number of nitrogens with one attached hydrogen (secondary N) is 1. The van der Waals surface area contributed by atoms with Crippen molar-refractivity contribution in [3.05, 3.63) is 53.6 Å². The Bertz CT molecular complexity index is 987. The Kier molecular flexibility index (Phi) is 8.16. The van der Waals surface area contributed by atoms with Crippen molar-refractivity contribution in [1.29, 1.82) is 0 Å². The van der Waals surface area contributed by atoms with Gasteiger partial charge in [0.15, 0.2) is 6.61 Å². The van der Waals surface area contributed by atoms with Crippen molar-refractivity contribution < 1.29 is 19.1 Å². The van der Waals surface area contributed by atoms with Gasteiger partial charge in [-0.15, -0.1) is 11.8 Å². The molecule has 1 saturated heterocycles. The lowest BCUT2D eigenvalue weighted by molar-refractivity contribution is -0.125. The van der Waals surface area contributed by atoms with E-state index in [-0.39, 0.29) is 18.3 Å². The molecule has 0 atom stereocenters. The lowest BCUT2D eigenvalue weighted by Gasteiger charge is -2.19. The van der Waals surface area contributed by atoms with Gasteiger partial charge >= 0.3 is 5.97 Å². The molecule has 32 heavy (non-hydrogen) atoms. The van der Waals surface area contributed by atoms with E-state index >= 15 is 0 Å². The molecule has 0 radical (unpaired) electrons. The van der Waals surface area contributed by atoms with Crippen molar-refractivity contribution in [1.82, 2.24) is 4.90 Å². The maximum atomic E-state index is 12.5. The minimum absolute atomic E-state index is 0.0522. The molecule has 1 fully saturated rings. The van der Waals surface area contributed by atoms with Crippen LogP contribution in [0.1, 0.15) is 28.8 Å². The van der Waals surface area contributed by atoms with Gasteiger partial charge in [0.05, 0.1) is 11.3 Å². The molecule has 1 aliphatic heterocycles. The second-order valence-electron chi connectivity index (χ2n) is 7.89. The van der Waals surface area contributed by atoms with E-state index in [4.69, 9.17) is 4.74 Å². The quantitative estimate of drug-likeness (QED) is 0.484. The van der Waals surface area contributed by atoms with Gasteiger partial charge in [-0.3, -0.25) is 9.59 Å². The molecule has 3 rings (SSSR count). The summed E-state index contributed by atoms with van der Waals surface area (Å²) in [6, 6.07) is 12.9. The Labute approximate surface area is 193 Å². The number of benzene rings is 2. The fraction of sp³-hybridized carbons (Fsp3) is 0.375. The first-order valence-corrected chi connectivity index (χ1v) is 11.6. The summed E-state index contributed by atoms with van der Waals surface area (Å²) < 4.78 is 5.23. The lowest BCUT2D eigenvalue weighted by Crippen LogP contribution is -2.24. The molecule has 0 aromatic heterocycles. The van der Waals surface area contributed by atoms with Crippen LogP contribution in [-0.2, 0) is 14.3 Å². The zero-order valence-corrected chi connectivity index (χ0v) is 19.5. The van der Waals surface area contributed by atoms with Gasteiger partial charge in [-0.1, -0.05) is 12.1 Å². The molecule has 8 heteroatoms. The molecule has 2 amide bonds. The Balaban J connectivity index is 1.55. The van der Waals surface area contributed by atoms with E-state index in [1.165, 1.54) is 29.5 Å². The number of esters is 1. The molecule has 0 bridgehead atoms. The first-order valence-electron chi connectivity index (χ1n) is 10.6. The normalized spacial score (nSPS) is 13.0. The summed E-state index contributed by atoms with van der Waals surface area (Å²) in [5.74, 6) is -0.835. The number of ether oxygens (including phenoxy) is 1. The third-order valence-corrected chi connectivity index (χ3v) is 6.30. The molecular weight excluding hydrogens is 426 g/mol. The van der Waals surface area contributed by atoms with Crippen LogP contribution in [-0.4, -0.2) is 62.2 Å². The van der Waals surface area contributed by atoms with Crippen molar-refractivity contribution in [2.24, 2.45) is 0 Å². The Morgan fingerprint density at radius 1 is 1.09 bits per heavy atom. The third kappa shape index (κ3) is 6.26. The van der Waals surface area contributed by atoms with E-state index in [0.717, 1.165) is 24.3 Å². The predicted molar refractivity (Wildman–Crippen MR) is 127 cm³/mol. The Hall–Kier alpha value is -3.00. The minimum Gasteiger partial charge on any atom is -0.452 e. The van der Waals surface area contributed by atoms with E-state index < -0.39 is 11.9 Å². The standard InChI is InChI=1S/C24H29N3O4S/c1-17-14-18(27-12-6-7-13-27)10-11-20(17)25-22(28)15-31-24(30)19-8-4-5-9-21(19)32-16-23(29)26(2)3/h4-5,8-11,14H,6-7,12-13,15-16H2,1-3H3,(H,25,28). The summed E-state index contributed by atoms with van der Waals surface area (Å²) in [7, 11) is 3.37. The van der Waals surface area contributed by atoms with Crippen LogP contribution in [0.4, 0.5) is 11.4 Å². The second-order valence-corrected chi connectivity index (χ2v) is 8.91. The van der Waals surface area contributed by atoms with Gasteiger partial charge in [0.25, 0.3) is 5.91 Å². The number of hydrogen-bond donors (Lipinski definition) is 1. The number of aryl methyl sites for hydroxylation is 1. The smallest absolute Gasteiger partial charge is 0.339 e. The van der Waals surface area contributed by atoms with E-state index in [9.17, 15) is 14.4 Å². The van der Waals surface area contributed by atoms with Gasteiger partial charge in [-0.25, -0.2) is 4.79 Å². The summed E-state index contributed by atoms with van der Waals surface area (Å²) in [5, 5.41) is 2.81. The maximum absolute atomic E-state index is 12.5. The van der Waals surface area contributed by atoms with Crippen LogP contribution < -0.4 is 10.2 Å². The van der Waals surface area contributed by atoms with Gasteiger partial charge in [0, 0.05) is 43.5 Å². The van der Waals surface area contributed by atoms with Crippen molar-refractivity contribution in [2.75, 3.05) is 49.8 Å². The van der Waals surface area contributed by atoms with Crippen LogP contribution in [0, 0.1) is 6.92 Å². The van der Waals surface area contributed by atoms with Crippen LogP contribution in [0.25, 0.3) is 0 Å². The SMILES string of the molecule is Cc1cc(N2CCCC2)ccc1NC(=O)COC(=O)c1ccccc1SCC(=O)N(C)C. The topological polar surface area (TPSA) is 79.0 Å². The van der Waals surface area contributed by atoms with Crippen LogP contribution >= 0.6 is 11.8 Å². The number of carbonyl (C=O) groups is 3. The van der Waals surface area contributed by atoms with Crippen molar-refractivity contribution in [2.45, 2.75) is 24.7 Å². The van der Waals surface area contributed by atoms with Crippen LogP contribution in [0.5, 0.6) is 0 Å². The molecule has 0 aliphatic carbocycles. The second kappa shape index (κ2) is 11.0. The lowest BCUT2D eigenvalue weighted by atomic mass is 10.1. The number of hydrogen-bond acceptors (Lipinski definition) is 6. The zero-order valence-electron chi connectivity index (χ0n) is 18.7. The molecule has 0 spiro atoms. The highest BCUT2D eigenvalue weighted by Gasteiger charge is 2.17. The van der Waals surface area contributed by atoms with Gasteiger partial charge in [0.2, 0.25) is 5.91 Å². The number of carbonyl (C=O) groups excluding carboxylic acids is 3. The Morgan fingerprint density at radius 3 is 2.50 bits per heavy atom. The number of anilines is 2. The van der Waals surface area contributed by atoms with Gasteiger partial charge in [-0.2, -0.15) is 0 Å². The highest BCUT2D eigenvalue weighted by atomic mass is 32.2. The number of thioether (sulfide) groups is 1. The molecule has 0 saturated carbocycles. The van der Waals surface area contributed by atoms with Crippen molar-refractivity contribution in [3.8, 4) is 0 Å². The van der Waals surface area contributed by atoms with Gasteiger partial charge in [-0.05, 0) is 55.7 Å². The molecule has 170 valence electrons. The molecule has 1 aliphatic rings. The first-order chi connectivity index (χ1) is 15.3. The highest BCUT2D eigenvalue weighted by Crippen LogP contribution is 2.26. The number of rotatable bonds is 8. The van der Waals surface area contributed by atoms with Gasteiger partial charge < -0.3 is 19.9 Å². The average Bonchev–Trinajstić information content (AvgIpc) is 3.32. The van der Waals surface area contributed by atoms with Crippen LogP contribution in [0.2, 0.25) is 0 Å². The fourth-order valence-corrected chi connectivity index (χ4v) is 4.40. The molecule has 2 aromatic carbocycles. The maximum Gasteiger partial charge on any atom is 0.339 e. The molecule has 7 nitrogen and oxygen atoms in total. The summed E-state index contributed by atoms with van der Waals surface area (Å²) in [6.07, 6.45) is 2.41. The molecule has 1 heterocycles. The van der Waals surface area contributed by atoms with Gasteiger partial charge in [0.1, 0.15) is 0 Å². The van der Waals surface area contributed by atoms with E-state index in [0.29, 0.717) is 16.1 Å². The molecular formula is C24H29N3O4S. The zero-order chi connectivity index (χ0) is 23.1. The van der Waals surface area contributed by atoms with E-state index in [1.54, 1.807) is 38.4 Å². The minimum atomic E-state index is -0.596. The summed E-state index contributed by atoms with van der Waals surface area (Å²) in [6.45, 7) is 3.68. The molecule has 1 N–H and O–H groups in total. The number of nitrogens with zero attached hydrogens (tertiary/aromatic N) is 2. The summed E-state index contributed by atoms with van der Waals surface area (Å²) in [4.78, 5) is 41.2. The first kappa shape index (κ1) is 23.7. The summed E-state index contributed by atoms with van der Waals surface area (Å²) >= 11 is 1.27. The average molecular weight is 456 g/mol. The van der Waals surface area contributed by atoms with E-state index in [1.807, 2.05) is 19.1 Å². The van der Waals surface area contributed by atoms with E-state index in [2.05, 4.69) is 16.3 Å². The summed E-state index contributed by atoms with van der Waals surface area (Å²) in [5.41, 5.74) is 3.16. The molecule has 0 unspecified atom stereocenters. The largest absolute Gasteiger partial charge is 0.452 e. The monoisotopic (exact) mass is 455 g/mol.